The van der Waals surface area contributed by atoms with E-state index in [1.54, 1.807) is 45.0 Å². The fraction of sp³-hybridized carbons (Fsp3) is 0.468. The third-order valence-electron chi connectivity index (χ3n) is 10.7. The molecule has 0 bridgehead atoms. The molecule has 0 radical (unpaired) electrons. The predicted molar refractivity (Wildman–Crippen MR) is 252 cm³/mol. The van der Waals surface area contributed by atoms with Crippen molar-refractivity contribution in [2.24, 2.45) is 17.8 Å². The number of Topliss-reactive ketones (excluding diaryl/α,β-unsaturated/α-hetero) is 2. The molecule has 3 aromatic rings. The molecule has 5 rings (SSSR count). The average molecular weight is 951 g/mol. The van der Waals surface area contributed by atoms with Crippen LogP contribution in [0.25, 0.3) is 0 Å². The number of benzene rings is 2. The lowest BCUT2D eigenvalue weighted by molar-refractivity contribution is -0.385. The molecule has 2 unspecified atom stereocenters. The molecular formula is C47H58N4O13S2. The molecule has 0 saturated heterocycles. The summed E-state index contributed by atoms with van der Waals surface area (Å²) in [5.41, 5.74) is 1.85. The van der Waals surface area contributed by atoms with Gasteiger partial charge in [-0.25, -0.2) is 14.6 Å². The Labute approximate surface area is 392 Å². The molecule has 1 aromatic heterocycles. The van der Waals surface area contributed by atoms with Crippen LogP contribution < -0.4 is 29.6 Å². The monoisotopic (exact) mass is 950 g/mol. The van der Waals surface area contributed by atoms with E-state index in [0.717, 1.165) is 17.6 Å². The molecule has 2 aliphatic carbocycles. The van der Waals surface area contributed by atoms with Crippen molar-refractivity contribution in [3.8, 4) is 23.0 Å². The maximum atomic E-state index is 13.9. The smallest absolute Gasteiger partial charge is 0.412 e. The lowest BCUT2D eigenvalue weighted by Gasteiger charge is -2.23. The Balaban J connectivity index is 1.19. The summed E-state index contributed by atoms with van der Waals surface area (Å²) < 4.78 is 34.4. The van der Waals surface area contributed by atoms with Gasteiger partial charge in [0.15, 0.2) is 34.6 Å². The SMILES string of the molecule is C=C1CCC(C(=O)c2cc(OC)c(OCCCCCOc3cc(NC(=O)OC(C)(C)C)c(C(=O)C4CC(=C)C[C@H]4CO)cc3OC)cc2NC(=O)OCCSSc2ccc([N+](=O)[O-])cn2)C1. The fourth-order valence-electron chi connectivity index (χ4n) is 7.53. The van der Waals surface area contributed by atoms with E-state index in [0.29, 0.717) is 78.7 Å². The van der Waals surface area contributed by atoms with Gasteiger partial charge in [-0.1, -0.05) is 35.1 Å². The number of nitro groups is 1. The average Bonchev–Trinajstić information content (AvgIpc) is 3.89. The van der Waals surface area contributed by atoms with Gasteiger partial charge in [0.05, 0.1) is 43.7 Å². The number of nitrogens with one attached hydrogen (secondary N) is 2. The van der Waals surface area contributed by atoms with Gasteiger partial charge in [-0.3, -0.25) is 30.3 Å². The van der Waals surface area contributed by atoms with Crippen molar-refractivity contribution in [3.05, 3.63) is 88.1 Å². The quantitative estimate of drug-likeness (QED) is 0.0201. The molecule has 19 heteroatoms. The number of carbonyl (C=O) groups is 4. The van der Waals surface area contributed by atoms with Gasteiger partial charge in [-0.2, -0.15) is 0 Å². The molecular weight excluding hydrogens is 893 g/mol. The Morgan fingerprint density at radius 3 is 1.98 bits per heavy atom. The first kappa shape index (κ1) is 51.2. The van der Waals surface area contributed by atoms with E-state index in [2.05, 4.69) is 28.8 Å². The van der Waals surface area contributed by atoms with E-state index >= 15 is 0 Å². The molecule has 0 aliphatic heterocycles. The summed E-state index contributed by atoms with van der Waals surface area (Å²) in [6.45, 7) is 13.7. The van der Waals surface area contributed by atoms with Crippen molar-refractivity contribution in [3.63, 3.8) is 0 Å². The second-order valence-electron chi connectivity index (χ2n) is 16.9. The third kappa shape index (κ3) is 14.6. The number of unbranched alkanes of at least 4 members (excludes halogenated alkanes) is 2. The van der Waals surface area contributed by atoms with Crippen LogP contribution in [0.1, 0.15) is 92.9 Å². The van der Waals surface area contributed by atoms with Crippen molar-refractivity contribution >= 4 is 62.4 Å². The Morgan fingerprint density at radius 2 is 1.45 bits per heavy atom. The number of aliphatic hydroxyl groups is 1. The standard InChI is InChI=1S/C47H58N4O13S2/c1-28-11-12-30(19-28)43(53)34-22-38(59-6)40(24-36(34)49-45(55)63-17-18-65-66-42-14-13-32(26-48-42)51(57)58)61-15-9-8-10-16-62-41-25-37(50-46(56)64-47(3,4)5)35(23-39(41)60-7)44(54)33-21-29(2)20-31(33)27-52/h13-14,22-26,30-31,33,52H,1-2,8-12,15-21,27H2,3-7H3,(H,49,55)(H,50,56)/t30?,31-,33?/m0/s1. The van der Waals surface area contributed by atoms with Gasteiger partial charge >= 0.3 is 12.2 Å². The summed E-state index contributed by atoms with van der Waals surface area (Å²) in [4.78, 5) is 68.0. The number of aliphatic hydroxyl groups excluding tert-OH is 1. The maximum Gasteiger partial charge on any atom is 0.412 e. The number of rotatable bonds is 23. The minimum absolute atomic E-state index is 0.0381. The number of aromatic nitrogens is 1. The molecule has 1 heterocycles. The first-order chi connectivity index (χ1) is 31.5. The van der Waals surface area contributed by atoms with Gasteiger partial charge in [0.25, 0.3) is 5.69 Å². The normalized spacial score (nSPS) is 16.9. The number of methoxy groups -OCH3 is 2. The van der Waals surface area contributed by atoms with Crippen molar-refractivity contribution in [1.82, 2.24) is 4.98 Å². The number of allylic oxidation sites excluding steroid dienone is 2. The number of hydrogen-bond donors (Lipinski definition) is 3. The number of carbonyl (C=O) groups excluding carboxylic acids is 4. The minimum Gasteiger partial charge on any atom is -0.493 e. The van der Waals surface area contributed by atoms with Crippen LogP contribution in [0, 0.1) is 27.9 Å². The van der Waals surface area contributed by atoms with E-state index in [1.165, 1.54) is 54.1 Å². The fourth-order valence-corrected chi connectivity index (χ4v) is 9.22. The second-order valence-corrected chi connectivity index (χ2v) is 19.3. The molecule has 356 valence electrons. The highest BCUT2D eigenvalue weighted by atomic mass is 33.1. The van der Waals surface area contributed by atoms with Crippen LogP contribution >= 0.6 is 21.6 Å². The summed E-state index contributed by atoms with van der Waals surface area (Å²) in [5.74, 6) is 0.127. The number of hydrogen-bond acceptors (Lipinski definition) is 16. The number of amides is 2. The largest absolute Gasteiger partial charge is 0.493 e. The van der Waals surface area contributed by atoms with Gasteiger partial charge in [0, 0.05) is 53.5 Å². The van der Waals surface area contributed by atoms with E-state index in [4.69, 9.17) is 28.4 Å². The van der Waals surface area contributed by atoms with Crippen LogP contribution in [-0.4, -0.2) is 90.8 Å². The molecule has 3 atom stereocenters. The maximum absolute atomic E-state index is 13.9. The number of nitrogens with zero attached hydrogens (tertiary/aromatic N) is 2. The topological polar surface area (TPSA) is 224 Å². The van der Waals surface area contributed by atoms with Crippen molar-refractivity contribution in [2.45, 2.75) is 82.8 Å². The first-order valence-electron chi connectivity index (χ1n) is 21.6. The van der Waals surface area contributed by atoms with Gasteiger partial charge in [0.1, 0.15) is 23.4 Å². The summed E-state index contributed by atoms with van der Waals surface area (Å²) in [6, 6.07) is 9.11. The summed E-state index contributed by atoms with van der Waals surface area (Å²) in [6.07, 6.45) is 4.44. The van der Waals surface area contributed by atoms with Gasteiger partial charge in [-0.15, -0.1) is 0 Å². The van der Waals surface area contributed by atoms with E-state index in [-0.39, 0.29) is 78.0 Å². The predicted octanol–water partition coefficient (Wildman–Crippen LogP) is 10.3. The van der Waals surface area contributed by atoms with Crippen LogP contribution in [0.4, 0.5) is 26.7 Å². The van der Waals surface area contributed by atoms with Crippen molar-refractivity contribution < 1.29 is 57.6 Å². The number of ketones is 2. The molecule has 2 aromatic carbocycles. The highest BCUT2D eigenvalue weighted by Crippen LogP contribution is 2.42. The molecule has 3 N–H and O–H groups in total. The minimum atomic E-state index is -0.790. The lowest BCUT2D eigenvalue weighted by Crippen LogP contribution is -2.28. The molecule has 2 saturated carbocycles. The van der Waals surface area contributed by atoms with Crippen LogP contribution in [0.2, 0.25) is 0 Å². The second kappa shape index (κ2) is 24.1. The van der Waals surface area contributed by atoms with Gasteiger partial charge in [-0.05, 0) is 107 Å². The molecule has 17 nitrogen and oxygen atoms in total. The van der Waals surface area contributed by atoms with E-state index < -0.39 is 28.6 Å². The Hall–Kier alpha value is -5.79. The summed E-state index contributed by atoms with van der Waals surface area (Å²) >= 11 is 0. The molecule has 0 spiro atoms. The zero-order chi connectivity index (χ0) is 48.0. The highest BCUT2D eigenvalue weighted by molar-refractivity contribution is 8.76. The van der Waals surface area contributed by atoms with E-state index in [9.17, 15) is 34.4 Å². The zero-order valence-electron chi connectivity index (χ0n) is 37.9. The molecule has 66 heavy (non-hydrogen) atoms. The Morgan fingerprint density at radius 1 is 0.833 bits per heavy atom. The van der Waals surface area contributed by atoms with Crippen LogP contribution in [0.15, 0.2) is 71.9 Å². The van der Waals surface area contributed by atoms with Gasteiger partial charge in [0.2, 0.25) is 0 Å². The highest BCUT2D eigenvalue weighted by Gasteiger charge is 2.37. The number of anilines is 2. The van der Waals surface area contributed by atoms with Crippen molar-refractivity contribution in [2.75, 3.05) is 57.0 Å². The zero-order valence-corrected chi connectivity index (χ0v) is 39.6. The van der Waals surface area contributed by atoms with Gasteiger partial charge < -0.3 is 33.5 Å². The lowest BCUT2D eigenvalue weighted by atomic mass is 9.88. The third-order valence-corrected chi connectivity index (χ3v) is 13.0. The Bertz CT molecular complexity index is 2260. The summed E-state index contributed by atoms with van der Waals surface area (Å²) in [5, 5.41) is 26.9. The van der Waals surface area contributed by atoms with Crippen LogP contribution in [-0.2, 0) is 9.47 Å². The van der Waals surface area contributed by atoms with Crippen molar-refractivity contribution in [1.29, 1.82) is 0 Å². The Kier molecular flexibility index (Phi) is 18.7. The molecule has 2 amide bonds. The summed E-state index contributed by atoms with van der Waals surface area (Å²) in [7, 11) is 5.57. The van der Waals surface area contributed by atoms with E-state index in [1.807, 2.05) is 0 Å². The number of pyridine rings is 1. The van der Waals surface area contributed by atoms with Crippen LogP contribution in [0.5, 0.6) is 23.0 Å². The van der Waals surface area contributed by atoms with Crippen LogP contribution in [0.3, 0.4) is 0 Å². The molecule has 2 aliphatic rings. The first-order valence-corrected chi connectivity index (χ1v) is 23.9. The number of ether oxygens (including phenoxy) is 6. The molecule has 2 fully saturated rings.